The van der Waals surface area contributed by atoms with Crippen molar-refractivity contribution in [3.63, 3.8) is 0 Å². The molecule has 2 rings (SSSR count). The fourth-order valence-corrected chi connectivity index (χ4v) is 3.20. The highest BCUT2D eigenvalue weighted by Gasteiger charge is 2.16. The monoisotopic (exact) mass is 388 g/mol. The maximum absolute atomic E-state index is 12.4. The number of amides is 2. The highest BCUT2D eigenvalue weighted by molar-refractivity contribution is 6.31. The molecule has 1 atom stereocenters. The van der Waals surface area contributed by atoms with Gasteiger partial charge < -0.3 is 15.5 Å². The standard InChI is InChI=1S/C21H26ClN3O2/c1-4-25(5-2)21(27)16-9-8-10-17(13-16)24-20(26)14-23-15(3)18-11-6-7-12-19(18)22/h6-13,15,23H,4-5,14H2,1-3H3,(H,24,26)/p+1/t15-/m0/s1. The summed E-state index contributed by atoms with van der Waals surface area (Å²) in [4.78, 5) is 26.5. The van der Waals surface area contributed by atoms with Crippen LogP contribution in [0.15, 0.2) is 48.5 Å². The van der Waals surface area contributed by atoms with Crippen LogP contribution in [-0.4, -0.2) is 36.3 Å². The quantitative estimate of drug-likeness (QED) is 0.729. The third kappa shape index (κ3) is 5.81. The van der Waals surface area contributed by atoms with Crippen LogP contribution in [0.3, 0.4) is 0 Å². The van der Waals surface area contributed by atoms with Crippen molar-refractivity contribution in [2.24, 2.45) is 0 Å². The Morgan fingerprint density at radius 3 is 2.48 bits per heavy atom. The van der Waals surface area contributed by atoms with Crippen molar-refractivity contribution >= 4 is 29.1 Å². The van der Waals surface area contributed by atoms with E-state index in [-0.39, 0.29) is 24.4 Å². The lowest BCUT2D eigenvalue weighted by atomic mass is 10.1. The molecule has 0 aromatic heterocycles. The maximum atomic E-state index is 12.4. The van der Waals surface area contributed by atoms with E-state index in [9.17, 15) is 9.59 Å². The van der Waals surface area contributed by atoms with E-state index in [1.54, 1.807) is 29.2 Å². The Morgan fingerprint density at radius 1 is 1.11 bits per heavy atom. The van der Waals surface area contributed by atoms with Gasteiger partial charge in [-0.05, 0) is 45.0 Å². The molecule has 0 aliphatic heterocycles. The predicted octanol–water partition coefficient (Wildman–Crippen LogP) is 3.09. The molecule has 5 nitrogen and oxygen atoms in total. The third-order valence-electron chi connectivity index (χ3n) is 4.50. The maximum Gasteiger partial charge on any atom is 0.279 e. The van der Waals surface area contributed by atoms with E-state index in [4.69, 9.17) is 11.6 Å². The predicted molar refractivity (Wildman–Crippen MR) is 109 cm³/mol. The number of nitrogens with two attached hydrogens (primary N) is 1. The zero-order chi connectivity index (χ0) is 19.8. The summed E-state index contributed by atoms with van der Waals surface area (Å²) in [5, 5.41) is 5.49. The molecular formula is C21H27ClN3O2+. The summed E-state index contributed by atoms with van der Waals surface area (Å²) in [7, 11) is 0. The molecule has 0 radical (unpaired) electrons. The second-order valence-electron chi connectivity index (χ2n) is 6.36. The second-order valence-corrected chi connectivity index (χ2v) is 6.76. The van der Waals surface area contributed by atoms with Gasteiger partial charge in [0, 0.05) is 34.9 Å². The first kappa shape index (κ1) is 20.9. The fraction of sp³-hybridized carbons (Fsp3) is 0.333. The molecule has 0 saturated carbocycles. The first-order chi connectivity index (χ1) is 13.0. The number of rotatable bonds is 8. The Kier molecular flexibility index (Phi) is 7.82. The van der Waals surface area contributed by atoms with Crippen LogP contribution in [0.5, 0.6) is 0 Å². The zero-order valence-corrected chi connectivity index (χ0v) is 16.8. The highest BCUT2D eigenvalue weighted by atomic mass is 35.5. The van der Waals surface area contributed by atoms with Gasteiger partial charge in [0.1, 0.15) is 6.04 Å². The van der Waals surface area contributed by atoms with Gasteiger partial charge in [-0.15, -0.1) is 0 Å². The van der Waals surface area contributed by atoms with E-state index >= 15 is 0 Å². The van der Waals surface area contributed by atoms with Crippen molar-refractivity contribution in [3.05, 3.63) is 64.7 Å². The Morgan fingerprint density at radius 2 is 1.81 bits per heavy atom. The molecule has 0 fully saturated rings. The van der Waals surface area contributed by atoms with Crippen LogP contribution >= 0.6 is 11.6 Å². The molecule has 2 amide bonds. The molecule has 0 heterocycles. The van der Waals surface area contributed by atoms with Crippen molar-refractivity contribution in [2.75, 3.05) is 25.0 Å². The lowest BCUT2D eigenvalue weighted by Gasteiger charge is -2.19. The number of carbonyl (C=O) groups is 2. The van der Waals surface area contributed by atoms with E-state index < -0.39 is 0 Å². The van der Waals surface area contributed by atoms with Gasteiger partial charge in [-0.3, -0.25) is 9.59 Å². The van der Waals surface area contributed by atoms with Gasteiger partial charge in [0.25, 0.3) is 11.8 Å². The molecule has 0 bridgehead atoms. The van der Waals surface area contributed by atoms with Crippen LogP contribution < -0.4 is 10.6 Å². The minimum Gasteiger partial charge on any atom is -0.339 e. The van der Waals surface area contributed by atoms with Crippen molar-refractivity contribution < 1.29 is 14.9 Å². The summed E-state index contributed by atoms with van der Waals surface area (Å²) in [6.07, 6.45) is 0. The first-order valence-electron chi connectivity index (χ1n) is 9.23. The summed E-state index contributed by atoms with van der Waals surface area (Å²) in [6, 6.07) is 14.7. The van der Waals surface area contributed by atoms with Crippen LogP contribution in [0.1, 0.15) is 42.7 Å². The Balaban J connectivity index is 1.95. The van der Waals surface area contributed by atoms with Gasteiger partial charge in [-0.1, -0.05) is 35.9 Å². The Hall–Kier alpha value is -2.37. The average molecular weight is 389 g/mol. The van der Waals surface area contributed by atoms with Crippen molar-refractivity contribution in [3.8, 4) is 0 Å². The van der Waals surface area contributed by atoms with E-state index in [1.165, 1.54) is 0 Å². The van der Waals surface area contributed by atoms with Gasteiger partial charge in [0.05, 0.1) is 0 Å². The number of hydrogen-bond donors (Lipinski definition) is 2. The average Bonchev–Trinajstić information content (AvgIpc) is 2.67. The SMILES string of the molecule is CCN(CC)C(=O)c1cccc(NC(=O)C[NH2+][C@@H](C)c2ccccc2Cl)c1. The van der Waals surface area contributed by atoms with Crippen LogP contribution in [0, 0.1) is 0 Å². The number of nitrogens with one attached hydrogen (secondary N) is 1. The van der Waals surface area contributed by atoms with Gasteiger partial charge in [-0.25, -0.2) is 0 Å². The molecule has 0 unspecified atom stereocenters. The number of quaternary nitrogens is 1. The molecule has 144 valence electrons. The molecule has 0 aliphatic carbocycles. The number of anilines is 1. The van der Waals surface area contributed by atoms with E-state index in [0.717, 1.165) is 5.56 Å². The molecule has 2 aromatic rings. The third-order valence-corrected chi connectivity index (χ3v) is 4.84. The minimum atomic E-state index is -0.124. The van der Waals surface area contributed by atoms with Crippen LogP contribution in [0.4, 0.5) is 5.69 Å². The molecule has 6 heteroatoms. The van der Waals surface area contributed by atoms with Crippen LogP contribution in [-0.2, 0) is 4.79 Å². The number of benzene rings is 2. The largest absolute Gasteiger partial charge is 0.339 e. The van der Waals surface area contributed by atoms with Crippen LogP contribution in [0.2, 0.25) is 5.02 Å². The normalized spacial score (nSPS) is 11.7. The molecule has 0 saturated heterocycles. The lowest BCUT2D eigenvalue weighted by molar-refractivity contribution is -0.682. The Bertz CT molecular complexity index is 791. The molecule has 3 N–H and O–H groups in total. The Labute approximate surface area is 165 Å². The number of halogens is 1. The number of carbonyl (C=O) groups excluding carboxylic acids is 2. The fourth-order valence-electron chi connectivity index (χ4n) is 2.89. The number of nitrogens with zero attached hydrogens (tertiary/aromatic N) is 1. The minimum absolute atomic E-state index is 0.0324. The summed E-state index contributed by atoms with van der Waals surface area (Å²) in [5.74, 6) is -0.156. The molecular weight excluding hydrogens is 362 g/mol. The summed E-state index contributed by atoms with van der Waals surface area (Å²) in [5.41, 5.74) is 2.19. The summed E-state index contributed by atoms with van der Waals surface area (Å²) in [6.45, 7) is 7.48. The summed E-state index contributed by atoms with van der Waals surface area (Å²) < 4.78 is 0. The smallest absolute Gasteiger partial charge is 0.279 e. The zero-order valence-electron chi connectivity index (χ0n) is 16.0. The van der Waals surface area contributed by atoms with Crippen molar-refractivity contribution in [1.29, 1.82) is 0 Å². The highest BCUT2D eigenvalue weighted by Crippen LogP contribution is 2.19. The second kappa shape index (κ2) is 10.1. The summed E-state index contributed by atoms with van der Waals surface area (Å²) >= 11 is 6.20. The van der Waals surface area contributed by atoms with Crippen molar-refractivity contribution in [2.45, 2.75) is 26.8 Å². The van der Waals surface area contributed by atoms with Gasteiger partial charge in [-0.2, -0.15) is 0 Å². The lowest BCUT2D eigenvalue weighted by Crippen LogP contribution is -2.86. The van der Waals surface area contributed by atoms with E-state index in [2.05, 4.69) is 5.32 Å². The van der Waals surface area contributed by atoms with Gasteiger partial charge in [0.15, 0.2) is 6.54 Å². The topological polar surface area (TPSA) is 66.0 Å². The molecule has 27 heavy (non-hydrogen) atoms. The first-order valence-corrected chi connectivity index (χ1v) is 9.61. The molecule has 0 spiro atoms. The molecule has 0 aliphatic rings. The van der Waals surface area contributed by atoms with Gasteiger partial charge >= 0.3 is 0 Å². The van der Waals surface area contributed by atoms with E-state index in [0.29, 0.717) is 29.4 Å². The van der Waals surface area contributed by atoms with Gasteiger partial charge in [0.2, 0.25) is 0 Å². The molecule has 2 aromatic carbocycles. The van der Waals surface area contributed by atoms with E-state index in [1.807, 2.05) is 50.4 Å². The van der Waals surface area contributed by atoms with Crippen LogP contribution in [0.25, 0.3) is 0 Å². The van der Waals surface area contributed by atoms with Crippen molar-refractivity contribution in [1.82, 2.24) is 4.90 Å². The number of hydrogen-bond acceptors (Lipinski definition) is 2.